The molecule has 0 heterocycles. The molecule has 1 aromatic rings. The highest BCUT2D eigenvalue weighted by atomic mass is 14.6. The fraction of sp³-hybridized carbons (Fsp3) is 0.706. The summed E-state index contributed by atoms with van der Waals surface area (Å²) in [5, 5.41) is 0. The van der Waals surface area contributed by atoms with E-state index in [1.165, 1.54) is 108 Å². The highest BCUT2D eigenvalue weighted by Gasteiger charge is 2.30. The van der Waals surface area contributed by atoms with E-state index in [1.807, 2.05) is 6.07 Å². The molecular weight excluding hydrogens is 436 g/mol. The topological polar surface area (TPSA) is 52.0 Å². The number of rotatable bonds is 10. The quantitative estimate of drug-likeness (QED) is 0.195. The molecule has 0 bridgehead atoms. The standard InChI is InChI=1S/C34H54N2/c1-2-6-26-15-19-31(20-16-26)32-21-17-29(18-22-32)14-13-28-11-9-27(10-12-28)7-4-3-5-8-30-23-33(35)25-34(36)24-30/h2,6,13-14,23-29,31-32H,3-5,7-12,15-22,35-36H2,1H3. The van der Waals surface area contributed by atoms with Crippen LogP contribution in [0.4, 0.5) is 11.4 Å². The summed E-state index contributed by atoms with van der Waals surface area (Å²) in [7, 11) is 0. The van der Waals surface area contributed by atoms with Crippen LogP contribution in [0.5, 0.6) is 0 Å². The maximum atomic E-state index is 5.92. The predicted octanol–water partition coefficient (Wildman–Crippen LogP) is 9.51. The summed E-state index contributed by atoms with van der Waals surface area (Å²) in [5.74, 6) is 5.63. The van der Waals surface area contributed by atoms with Crippen molar-refractivity contribution in [2.24, 2.45) is 35.5 Å². The van der Waals surface area contributed by atoms with E-state index >= 15 is 0 Å². The Morgan fingerprint density at radius 2 is 1.11 bits per heavy atom. The molecule has 36 heavy (non-hydrogen) atoms. The first-order chi connectivity index (χ1) is 17.6. The number of benzene rings is 1. The molecule has 4 N–H and O–H groups in total. The summed E-state index contributed by atoms with van der Waals surface area (Å²) in [6, 6.07) is 6.00. The van der Waals surface area contributed by atoms with E-state index in [-0.39, 0.29) is 0 Å². The molecule has 0 spiro atoms. The third kappa shape index (κ3) is 8.70. The molecule has 4 rings (SSSR count). The SMILES string of the molecule is CC=CC1CCC(C2CCC(C=CC3CCC(CCCCCc4cc(N)cc(N)c4)CC3)CC2)CC1. The number of anilines is 2. The van der Waals surface area contributed by atoms with Crippen molar-refractivity contribution in [3.05, 3.63) is 48.1 Å². The van der Waals surface area contributed by atoms with Crippen LogP contribution in [0.2, 0.25) is 0 Å². The van der Waals surface area contributed by atoms with Gasteiger partial charge in [-0.15, -0.1) is 0 Å². The fourth-order valence-electron chi connectivity index (χ4n) is 7.70. The van der Waals surface area contributed by atoms with Crippen molar-refractivity contribution in [2.75, 3.05) is 11.5 Å². The van der Waals surface area contributed by atoms with Crippen molar-refractivity contribution in [1.82, 2.24) is 0 Å². The molecule has 0 unspecified atom stereocenters. The second-order valence-corrected chi connectivity index (χ2v) is 12.6. The van der Waals surface area contributed by atoms with Gasteiger partial charge in [0.1, 0.15) is 0 Å². The zero-order valence-electron chi connectivity index (χ0n) is 23.2. The molecule has 3 fully saturated rings. The second kappa shape index (κ2) is 14.3. The van der Waals surface area contributed by atoms with E-state index < -0.39 is 0 Å². The van der Waals surface area contributed by atoms with Crippen molar-refractivity contribution in [3.63, 3.8) is 0 Å². The summed E-state index contributed by atoms with van der Waals surface area (Å²) in [5.41, 5.74) is 14.7. The largest absolute Gasteiger partial charge is 0.399 e. The Kier molecular flexibility index (Phi) is 10.9. The molecule has 2 heteroatoms. The van der Waals surface area contributed by atoms with E-state index in [0.29, 0.717) is 0 Å². The lowest BCUT2D eigenvalue weighted by Crippen LogP contribution is -2.25. The summed E-state index contributed by atoms with van der Waals surface area (Å²) in [6.45, 7) is 2.18. The Morgan fingerprint density at radius 1 is 0.611 bits per heavy atom. The molecule has 1 aromatic carbocycles. The van der Waals surface area contributed by atoms with Gasteiger partial charge in [-0.3, -0.25) is 0 Å². The predicted molar refractivity (Wildman–Crippen MR) is 158 cm³/mol. The van der Waals surface area contributed by atoms with Crippen molar-refractivity contribution in [3.8, 4) is 0 Å². The van der Waals surface area contributed by atoms with Crippen LogP contribution in [0.3, 0.4) is 0 Å². The van der Waals surface area contributed by atoms with Crippen LogP contribution >= 0.6 is 0 Å². The minimum absolute atomic E-state index is 0.793. The lowest BCUT2D eigenvalue weighted by Gasteiger charge is -2.37. The monoisotopic (exact) mass is 490 g/mol. The Labute approximate surface area is 222 Å². The second-order valence-electron chi connectivity index (χ2n) is 12.6. The number of aryl methyl sites for hydroxylation is 1. The van der Waals surface area contributed by atoms with Gasteiger partial charge in [-0.1, -0.05) is 43.6 Å². The normalized spacial score (nSPS) is 31.8. The lowest BCUT2D eigenvalue weighted by atomic mass is 9.69. The molecule has 200 valence electrons. The van der Waals surface area contributed by atoms with Gasteiger partial charge in [0.2, 0.25) is 0 Å². The first-order valence-corrected chi connectivity index (χ1v) is 15.5. The molecule has 0 radical (unpaired) electrons. The van der Waals surface area contributed by atoms with Crippen LogP contribution < -0.4 is 11.5 Å². The fourth-order valence-corrected chi connectivity index (χ4v) is 7.70. The molecule has 0 aliphatic heterocycles. The van der Waals surface area contributed by atoms with E-state index in [0.717, 1.165) is 53.3 Å². The number of hydrogen-bond donors (Lipinski definition) is 2. The number of nitrogen functional groups attached to an aromatic ring is 2. The van der Waals surface area contributed by atoms with Crippen molar-refractivity contribution >= 4 is 11.4 Å². The molecule has 0 atom stereocenters. The number of hydrogen-bond acceptors (Lipinski definition) is 2. The Balaban J connectivity index is 1.05. The van der Waals surface area contributed by atoms with Gasteiger partial charge >= 0.3 is 0 Å². The number of unbranched alkanes of at least 4 members (excludes halogenated alkanes) is 2. The van der Waals surface area contributed by atoms with E-state index in [1.54, 1.807) is 0 Å². The Morgan fingerprint density at radius 3 is 1.64 bits per heavy atom. The van der Waals surface area contributed by atoms with E-state index in [2.05, 4.69) is 43.4 Å². The van der Waals surface area contributed by atoms with Crippen molar-refractivity contribution < 1.29 is 0 Å². The van der Waals surface area contributed by atoms with E-state index in [4.69, 9.17) is 11.5 Å². The molecule has 3 saturated carbocycles. The van der Waals surface area contributed by atoms with Gasteiger partial charge in [-0.05, 0) is 156 Å². The van der Waals surface area contributed by atoms with Crippen LogP contribution in [0.25, 0.3) is 0 Å². The smallest absolute Gasteiger partial charge is 0.0337 e. The molecule has 0 saturated heterocycles. The third-order valence-electron chi connectivity index (χ3n) is 9.93. The Hall–Kier alpha value is -1.70. The zero-order chi connectivity index (χ0) is 25.2. The minimum atomic E-state index is 0.793. The minimum Gasteiger partial charge on any atom is -0.399 e. The van der Waals surface area contributed by atoms with Gasteiger partial charge in [0.15, 0.2) is 0 Å². The highest BCUT2D eigenvalue weighted by Crippen LogP contribution is 2.42. The van der Waals surface area contributed by atoms with Gasteiger partial charge in [0.25, 0.3) is 0 Å². The van der Waals surface area contributed by atoms with Crippen LogP contribution in [0.15, 0.2) is 42.5 Å². The van der Waals surface area contributed by atoms with Crippen LogP contribution in [0, 0.1) is 35.5 Å². The van der Waals surface area contributed by atoms with Crippen molar-refractivity contribution in [1.29, 1.82) is 0 Å². The lowest BCUT2D eigenvalue weighted by molar-refractivity contribution is 0.166. The Bertz CT molecular complexity index is 795. The van der Waals surface area contributed by atoms with Gasteiger partial charge in [-0.25, -0.2) is 0 Å². The maximum Gasteiger partial charge on any atom is 0.0337 e. The van der Waals surface area contributed by atoms with E-state index in [9.17, 15) is 0 Å². The average molecular weight is 491 g/mol. The molecule has 0 amide bonds. The first kappa shape index (κ1) is 27.3. The third-order valence-corrected chi connectivity index (χ3v) is 9.93. The van der Waals surface area contributed by atoms with Gasteiger partial charge in [0, 0.05) is 11.4 Å². The molecule has 3 aliphatic rings. The first-order valence-electron chi connectivity index (χ1n) is 15.5. The van der Waals surface area contributed by atoms with Gasteiger partial charge in [-0.2, -0.15) is 0 Å². The molecular formula is C34H54N2. The van der Waals surface area contributed by atoms with Crippen LogP contribution in [0.1, 0.15) is 115 Å². The summed E-state index contributed by atoms with van der Waals surface area (Å²) in [4.78, 5) is 0. The summed E-state index contributed by atoms with van der Waals surface area (Å²) in [6.07, 6.45) is 34.0. The maximum absolute atomic E-state index is 5.92. The average Bonchev–Trinajstić information content (AvgIpc) is 2.88. The van der Waals surface area contributed by atoms with Gasteiger partial charge in [0.05, 0.1) is 0 Å². The molecule has 2 nitrogen and oxygen atoms in total. The summed E-state index contributed by atoms with van der Waals surface area (Å²) < 4.78 is 0. The zero-order valence-corrected chi connectivity index (χ0v) is 23.2. The van der Waals surface area contributed by atoms with Crippen molar-refractivity contribution in [2.45, 2.75) is 116 Å². The number of allylic oxidation sites excluding steroid dienone is 4. The van der Waals surface area contributed by atoms with Gasteiger partial charge < -0.3 is 11.5 Å². The summed E-state index contributed by atoms with van der Waals surface area (Å²) >= 11 is 0. The van der Waals surface area contributed by atoms with Crippen LogP contribution in [-0.2, 0) is 6.42 Å². The van der Waals surface area contributed by atoms with Crippen LogP contribution in [-0.4, -0.2) is 0 Å². The molecule has 0 aromatic heterocycles. The highest BCUT2D eigenvalue weighted by molar-refractivity contribution is 5.54. The molecule has 3 aliphatic carbocycles. The number of nitrogens with two attached hydrogens (primary N) is 2.